The fourth-order valence-electron chi connectivity index (χ4n) is 2.09. The Morgan fingerprint density at radius 2 is 2.37 bits per heavy atom. The van der Waals surface area contributed by atoms with E-state index in [0.29, 0.717) is 24.0 Å². The molecule has 1 saturated carbocycles. The molecule has 2 aromatic heterocycles. The SMILES string of the molecule is Nc1cc(C(=O)OCCc2cccs2)n(C2CC2)c1. The second-order valence-electron chi connectivity index (χ2n) is 4.76. The van der Waals surface area contributed by atoms with Crippen LogP contribution in [0.4, 0.5) is 5.69 Å². The van der Waals surface area contributed by atoms with E-state index in [4.69, 9.17) is 10.5 Å². The summed E-state index contributed by atoms with van der Waals surface area (Å²) < 4.78 is 7.27. The van der Waals surface area contributed by atoms with Crippen LogP contribution >= 0.6 is 11.3 Å². The molecule has 0 saturated heterocycles. The number of ether oxygens (including phenoxy) is 1. The van der Waals surface area contributed by atoms with Gasteiger partial charge < -0.3 is 15.0 Å². The average molecular weight is 276 g/mol. The zero-order valence-electron chi connectivity index (χ0n) is 10.5. The summed E-state index contributed by atoms with van der Waals surface area (Å²) in [5.74, 6) is -0.278. The summed E-state index contributed by atoms with van der Waals surface area (Å²) in [4.78, 5) is 13.3. The molecular formula is C14H16N2O2S. The summed E-state index contributed by atoms with van der Waals surface area (Å²) in [6.07, 6.45) is 4.82. The van der Waals surface area contributed by atoms with Crippen LogP contribution in [0.5, 0.6) is 0 Å². The van der Waals surface area contributed by atoms with Gasteiger partial charge in [-0.2, -0.15) is 0 Å². The van der Waals surface area contributed by atoms with Crippen molar-refractivity contribution in [2.45, 2.75) is 25.3 Å². The van der Waals surface area contributed by atoms with Gasteiger partial charge in [0.15, 0.2) is 0 Å². The lowest BCUT2D eigenvalue weighted by Gasteiger charge is -2.07. The predicted molar refractivity (Wildman–Crippen MR) is 75.4 cm³/mol. The molecule has 2 aromatic rings. The molecule has 0 spiro atoms. The van der Waals surface area contributed by atoms with Crippen molar-refractivity contribution in [3.8, 4) is 0 Å². The minimum atomic E-state index is -0.278. The molecule has 0 bridgehead atoms. The zero-order valence-corrected chi connectivity index (χ0v) is 11.4. The molecule has 0 radical (unpaired) electrons. The first-order chi connectivity index (χ1) is 9.24. The molecule has 1 fully saturated rings. The first-order valence-corrected chi connectivity index (χ1v) is 7.29. The Balaban J connectivity index is 1.60. The molecule has 0 amide bonds. The van der Waals surface area contributed by atoms with E-state index in [2.05, 4.69) is 0 Å². The Hall–Kier alpha value is -1.75. The van der Waals surface area contributed by atoms with Crippen molar-refractivity contribution in [1.29, 1.82) is 0 Å². The van der Waals surface area contributed by atoms with Gasteiger partial charge in [-0.15, -0.1) is 11.3 Å². The molecule has 1 aliphatic rings. The second-order valence-corrected chi connectivity index (χ2v) is 5.79. The van der Waals surface area contributed by atoms with Crippen molar-refractivity contribution in [3.05, 3.63) is 40.3 Å². The monoisotopic (exact) mass is 276 g/mol. The molecule has 3 rings (SSSR count). The van der Waals surface area contributed by atoms with Crippen LogP contribution in [0.1, 0.15) is 34.2 Å². The van der Waals surface area contributed by atoms with Crippen molar-refractivity contribution in [3.63, 3.8) is 0 Å². The van der Waals surface area contributed by atoms with Crippen LogP contribution < -0.4 is 5.73 Å². The summed E-state index contributed by atoms with van der Waals surface area (Å²) in [6, 6.07) is 6.17. The van der Waals surface area contributed by atoms with Gasteiger partial charge in [0.05, 0.1) is 12.3 Å². The number of aromatic nitrogens is 1. The number of carbonyl (C=O) groups is 1. The molecule has 4 nitrogen and oxygen atoms in total. The minimum Gasteiger partial charge on any atom is -0.461 e. The molecule has 1 aliphatic carbocycles. The number of rotatable bonds is 5. The lowest BCUT2D eigenvalue weighted by atomic mass is 10.3. The lowest BCUT2D eigenvalue weighted by molar-refractivity contribution is 0.0497. The number of nitrogens with two attached hydrogens (primary N) is 1. The van der Waals surface area contributed by atoms with Crippen molar-refractivity contribution in [2.75, 3.05) is 12.3 Å². The molecule has 0 aromatic carbocycles. The van der Waals surface area contributed by atoms with Crippen LogP contribution in [0, 0.1) is 0 Å². The zero-order chi connectivity index (χ0) is 13.2. The fraction of sp³-hybridized carbons (Fsp3) is 0.357. The van der Waals surface area contributed by atoms with Gasteiger partial charge in [-0.05, 0) is 30.4 Å². The molecule has 0 atom stereocenters. The molecule has 2 heterocycles. The predicted octanol–water partition coefficient (Wildman–Crippen LogP) is 2.87. The van der Waals surface area contributed by atoms with Crippen molar-refractivity contribution in [1.82, 2.24) is 4.57 Å². The Morgan fingerprint density at radius 3 is 3.05 bits per heavy atom. The third kappa shape index (κ3) is 2.81. The third-order valence-electron chi connectivity index (χ3n) is 3.18. The second kappa shape index (κ2) is 5.09. The molecule has 2 N–H and O–H groups in total. The number of nitrogen functional groups attached to an aromatic ring is 1. The first kappa shape index (κ1) is 12.3. The van der Waals surface area contributed by atoms with E-state index in [0.717, 1.165) is 19.3 Å². The van der Waals surface area contributed by atoms with Crippen molar-refractivity contribution < 1.29 is 9.53 Å². The number of thiophene rings is 1. The number of hydrogen-bond acceptors (Lipinski definition) is 4. The summed E-state index contributed by atoms with van der Waals surface area (Å²) in [6.45, 7) is 0.412. The maximum atomic E-state index is 12.0. The van der Waals surface area contributed by atoms with Crippen molar-refractivity contribution in [2.24, 2.45) is 0 Å². The van der Waals surface area contributed by atoms with E-state index in [-0.39, 0.29) is 5.97 Å². The molecule has 100 valence electrons. The van der Waals surface area contributed by atoms with Gasteiger partial charge >= 0.3 is 5.97 Å². The maximum Gasteiger partial charge on any atom is 0.355 e. The minimum absolute atomic E-state index is 0.278. The first-order valence-electron chi connectivity index (χ1n) is 6.41. The Bertz CT molecular complexity index is 570. The number of nitrogens with zero attached hydrogens (tertiary/aromatic N) is 1. The van der Waals surface area contributed by atoms with E-state index < -0.39 is 0 Å². The summed E-state index contributed by atoms with van der Waals surface area (Å²) >= 11 is 1.68. The number of hydrogen-bond donors (Lipinski definition) is 1. The van der Waals surface area contributed by atoms with Gasteiger partial charge in [0, 0.05) is 23.5 Å². The molecule has 5 heteroatoms. The van der Waals surface area contributed by atoms with Crippen LogP contribution in [-0.4, -0.2) is 17.1 Å². The van der Waals surface area contributed by atoms with E-state index in [1.807, 2.05) is 28.3 Å². The van der Waals surface area contributed by atoms with Crippen LogP contribution in [0.3, 0.4) is 0 Å². The van der Waals surface area contributed by atoms with E-state index >= 15 is 0 Å². The largest absolute Gasteiger partial charge is 0.461 e. The van der Waals surface area contributed by atoms with Gasteiger partial charge in [0.25, 0.3) is 0 Å². The highest BCUT2D eigenvalue weighted by Crippen LogP contribution is 2.37. The Labute approximate surface area is 115 Å². The highest BCUT2D eigenvalue weighted by molar-refractivity contribution is 7.09. The topological polar surface area (TPSA) is 57.3 Å². The fourth-order valence-corrected chi connectivity index (χ4v) is 2.78. The summed E-state index contributed by atoms with van der Waals surface area (Å²) in [5, 5.41) is 2.02. The van der Waals surface area contributed by atoms with Crippen LogP contribution in [0.15, 0.2) is 29.8 Å². The van der Waals surface area contributed by atoms with E-state index in [9.17, 15) is 4.79 Å². The number of esters is 1. The average Bonchev–Trinajstić information content (AvgIpc) is 2.96. The van der Waals surface area contributed by atoms with Crippen LogP contribution in [0.25, 0.3) is 0 Å². The molecule has 0 aliphatic heterocycles. The number of carbonyl (C=O) groups excluding carboxylic acids is 1. The van der Waals surface area contributed by atoms with Crippen LogP contribution in [-0.2, 0) is 11.2 Å². The van der Waals surface area contributed by atoms with E-state index in [1.54, 1.807) is 17.4 Å². The van der Waals surface area contributed by atoms with Gasteiger partial charge in [-0.25, -0.2) is 4.79 Å². The third-order valence-corrected chi connectivity index (χ3v) is 4.12. The van der Waals surface area contributed by atoms with Gasteiger partial charge in [-0.3, -0.25) is 0 Å². The highest BCUT2D eigenvalue weighted by atomic mass is 32.1. The Kier molecular flexibility index (Phi) is 3.29. The molecule has 19 heavy (non-hydrogen) atoms. The maximum absolute atomic E-state index is 12.0. The van der Waals surface area contributed by atoms with Gasteiger partial charge in [0.1, 0.15) is 5.69 Å². The standard InChI is InChI=1S/C14H16N2O2S/c15-10-8-13(16(9-10)11-3-4-11)14(17)18-6-5-12-2-1-7-19-12/h1-2,7-9,11H,3-6,15H2. The summed E-state index contributed by atoms with van der Waals surface area (Å²) in [5.41, 5.74) is 6.96. The normalized spacial score (nSPS) is 14.5. The highest BCUT2D eigenvalue weighted by Gasteiger charge is 2.28. The van der Waals surface area contributed by atoms with Crippen LogP contribution in [0.2, 0.25) is 0 Å². The number of anilines is 1. The summed E-state index contributed by atoms with van der Waals surface area (Å²) in [7, 11) is 0. The lowest BCUT2D eigenvalue weighted by Crippen LogP contribution is -2.12. The molecular weight excluding hydrogens is 260 g/mol. The Morgan fingerprint density at radius 1 is 1.53 bits per heavy atom. The van der Waals surface area contributed by atoms with Gasteiger partial charge in [-0.1, -0.05) is 6.07 Å². The van der Waals surface area contributed by atoms with E-state index in [1.165, 1.54) is 4.88 Å². The smallest absolute Gasteiger partial charge is 0.355 e. The quantitative estimate of drug-likeness (QED) is 0.854. The van der Waals surface area contributed by atoms with Crippen molar-refractivity contribution >= 4 is 23.0 Å². The molecule has 0 unspecified atom stereocenters. The van der Waals surface area contributed by atoms with Gasteiger partial charge in [0.2, 0.25) is 0 Å².